The van der Waals surface area contributed by atoms with Gasteiger partial charge >= 0.3 is 0 Å². The second-order valence-electron chi connectivity index (χ2n) is 4.65. The SMILES string of the molecule is CCC(CC)CC1(O)CCC(=O)CC1. The van der Waals surface area contributed by atoms with Crippen LogP contribution in [0.1, 0.15) is 58.8 Å². The maximum atomic E-state index is 11.1. The number of ketones is 1. The highest BCUT2D eigenvalue weighted by molar-refractivity contribution is 5.79. The molecule has 1 rings (SSSR count). The number of carbonyl (C=O) groups excluding carboxylic acids is 1. The maximum Gasteiger partial charge on any atom is 0.133 e. The standard InChI is InChI=1S/C12H22O2/c1-3-10(4-2)9-12(14)7-5-11(13)6-8-12/h10,14H,3-9H2,1-2H3. The summed E-state index contributed by atoms with van der Waals surface area (Å²) in [5, 5.41) is 10.3. The molecule has 1 aliphatic rings. The molecule has 1 aliphatic carbocycles. The Morgan fingerprint density at radius 1 is 1.29 bits per heavy atom. The molecule has 0 aromatic carbocycles. The molecule has 1 fully saturated rings. The fourth-order valence-corrected chi connectivity index (χ4v) is 2.31. The molecule has 0 atom stereocenters. The Bertz CT molecular complexity index is 184. The van der Waals surface area contributed by atoms with E-state index < -0.39 is 5.60 Å². The third-order valence-electron chi connectivity index (χ3n) is 3.56. The van der Waals surface area contributed by atoms with Gasteiger partial charge in [-0.25, -0.2) is 0 Å². The Morgan fingerprint density at radius 3 is 2.21 bits per heavy atom. The van der Waals surface area contributed by atoms with Crippen molar-refractivity contribution in [3.05, 3.63) is 0 Å². The van der Waals surface area contributed by atoms with Crippen LogP contribution in [0.25, 0.3) is 0 Å². The van der Waals surface area contributed by atoms with Crippen LogP contribution in [-0.4, -0.2) is 16.5 Å². The molecule has 0 aromatic heterocycles. The predicted octanol–water partition coefficient (Wildman–Crippen LogP) is 2.69. The first-order chi connectivity index (χ1) is 6.59. The summed E-state index contributed by atoms with van der Waals surface area (Å²) in [6.45, 7) is 4.34. The molecule has 0 heterocycles. The fraction of sp³-hybridized carbons (Fsp3) is 0.917. The molecule has 0 radical (unpaired) electrons. The minimum absolute atomic E-state index is 0.319. The van der Waals surface area contributed by atoms with Crippen molar-refractivity contribution in [1.29, 1.82) is 0 Å². The smallest absolute Gasteiger partial charge is 0.133 e. The summed E-state index contributed by atoms with van der Waals surface area (Å²) in [6, 6.07) is 0. The van der Waals surface area contributed by atoms with Crippen molar-refractivity contribution in [2.24, 2.45) is 5.92 Å². The maximum absolute atomic E-state index is 11.1. The highest BCUT2D eigenvalue weighted by Crippen LogP contribution is 2.33. The Labute approximate surface area is 86.7 Å². The van der Waals surface area contributed by atoms with Gasteiger partial charge in [-0.15, -0.1) is 0 Å². The molecule has 0 unspecified atom stereocenters. The molecule has 0 aliphatic heterocycles. The molecular formula is C12H22O2. The average Bonchev–Trinajstić information content (AvgIpc) is 2.20. The molecule has 0 spiro atoms. The zero-order valence-corrected chi connectivity index (χ0v) is 9.38. The third-order valence-corrected chi connectivity index (χ3v) is 3.56. The van der Waals surface area contributed by atoms with Crippen molar-refractivity contribution >= 4 is 5.78 Å². The summed E-state index contributed by atoms with van der Waals surface area (Å²) in [4.78, 5) is 11.1. The zero-order chi connectivity index (χ0) is 10.6. The molecule has 2 nitrogen and oxygen atoms in total. The van der Waals surface area contributed by atoms with Crippen LogP contribution < -0.4 is 0 Å². The van der Waals surface area contributed by atoms with Gasteiger partial charge in [0.25, 0.3) is 0 Å². The number of hydrogen-bond donors (Lipinski definition) is 1. The number of hydrogen-bond acceptors (Lipinski definition) is 2. The first-order valence-corrected chi connectivity index (χ1v) is 5.83. The minimum Gasteiger partial charge on any atom is -0.390 e. The van der Waals surface area contributed by atoms with E-state index in [2.05, 4.69) is 13.8 Å². The van der Waals surface area contributed by atoms with E-state index in [4.69, 9.17) is 0 Å². The van der Waals surface area contributed by atoms with Crippen LogP contribution >= 0.6 is 0 Å². The van der Waals surface area contributed by atoms with Gasteiger partial charge in [-0.05, 0) is 25.2 Å². The predicted molar refractivity (Wildman–Crippen MR) is 57.1 cm³/mol. The van der Waals surface area contributed by atoms with E-state index in [0.717, 1.165) is 19.3 Å². The molecular weight excluding hydrogens is 176 g/mol. The first-order valence-electron chi connectivity index (χ1n) is 5.83. The van der Waals surface area contributed by atoms with Gasteiger partial charge in [-0.3, -0.25) is 4.79 Å². The van der Waals surface area contributed by atoms with Crippen molar-refractivity contribution in [3.63, 3.8) is 0 Å². The number of carbonyl (C=O) groups is 1. The van der Waals surface area contributed by atoms with Crippen LogP contribution in [0.3, 0.4) is 0 Å². The monoisotopic (exact) mass is 198 g/mol. The topological polar surface area (TPSA) is 37.3 Å². The van der Waals surface area contributed by atoms with Gasteiger partial charge in [0.05, 0.1) is 5.60 Å². The molecule has 0 bridgehead atoms. The quantitative estimate of drug-likeness (QED) is 0.754. The second kappa shape index (κ2) is 4.92. The number of aliphatic hydroxyl groups is 1. The summed E-state index contributed by atoms with van der Waals surface area (Å²) in [7, 11) is 0. The lowest BCUT2D eigenvalue weighted by Crippen LogP contribution is -2.36. The minimum atomic E-state index is -0.537. The van der Waals surface area contributed by atoms with Gasteiger partial charge in [0.15, 0.2) is 0 Å². The Hall–Kier alpha value is -0.370. The summed E-state index contributed by atoms with van der Waals surface area (Å²) in [5.41, 5.74) is -0.537. The van der Waals surface area contributed by atoms with Crippen molar-refractivity contribution in [1.82, 2.24) is 0 Å². The van der Waals surface area contributed by atoms with Crippen LogP contribution in [0.5, 0.6) is 0 Å². The van der Waals surface area contributed by atoms with Gasteiger partial charge in [-0.1, -0.05) is 26.7 Å². The summed E-state index contributed by atoms with van der Waals surface area (Å²) in [5.74, 6) is 0.937. The lowest BCUT2D eigenvalue weighted by molar-refractivity contribution is -0.126. The van der Waals surface area contributed by atoms with Crippen molar-refractivity contribution in [3.8, 4) is 0 Å². The summed E-state index contributed by atoms with van der Waals surface area (Å²) in [6.07, 6.45) is 5.67. The third kappa shape index (κ3) is 3.09. The van der Waals surface area contributed by atoms with Crippen LogP contribution in [0.4, 0.5) is 0 Å². The van der Waals surface area contributed by atoms with E-state index >= 15 is 0 Å². The highest BCUT2D eigenvalue weighted by Gasteiger charge is 2.33. The Kier molecular flexibility index (Phi) is 4.11. The number of rotatable bonds is 4. The molecule has 82 valence electrons. The normalized spacial score (nSPS) is 21.6. The van der Waals surface area contributed by atoms with Crippen molar-refractivity contribution < 1.29 is 9.90 Å². The van der Waals surface area contributed by atoms with Gasteiger partial charge in [0.2, 0.25) is 0 Å². The van der Waals surface area contributed by atoms with E-state index in [1.54, 1.807) is 0 Å². The average molecular weight is 198 g/mol. The van der Waals surface area contributed by atoms with Crippen LogP contribution in [0.15, 0.2) is 0 Å². The number of Topliss-reactive ketones (excluding diaryl/α,β-unsaturated/α-hetero) is 1. The van der Waals surface area contributed by atoms with Crippen molar-refractivity contribution in [2.75, 3.05) is 0 Å². The van der Waals surface area contributed by atoms with E-state index in [0.29, 0.717) is 37.4 Å². The fourth-order valence-electron chi connectivity index (χ4n) is 2.31. The molecule has 1 N–H and O–H groups in total. The molecule has 1 saturated carbocycles. The first kappa shape index (κ1) is 11.7. The molecule has 0 aromatic rings. The molecule has 14 heavy (non-hydrogen) atoms. The van der Waals surface area contributed by atoms with Crippen LogP contribution in [-0.2, 0) is 4.79 Å². The molecule has 0 amide bonds. The van der Waals surface area contributed by atoms with E-state index in [9.17, 15) is 9.90 Å². The van der Waals surface area contributed by atoms with E-state index in [-0.39, 0.29) is 0 Å². The van der Waals surface area contributed by atoms with Gasteiger partial charge in [-0.2, -0.15) is 0 Å². The van der Waals surface area contributed by atoms with Gasteiger partial charge in [0, 0.05) is 12.8 Å². The van der Waals surface area contributed by atoms with Gasteiger partial charge in [0.1, 0.15) is 5.78 Å². The largest absolute Gasteiger partial charge is 0.390 e. The Balaban J connectivity index is 2.45. The second-order valence-corrected chi connectivity index (χ2v) is 4.65. The van der Waals surface area contributed by atoms with E-state index in [1.165, 1.54) is 0 Å². The van der Waals surface area contributed by atoms with E-state index in [1.807, 2.05) is 0 Å². The highest BCUT2D eigenvalue weighted by atomic mass is 16.3. The Morgan fingerprint density at radius 2 is 1.79 bits per heavy atom. The lowest BCUT2D eigenvalue weighted by Gasteiger charge is -2.34. The lowest BCUT2D eigenvalue weighted by atomic mass is 9.77. The zero-order valence-electron chi connectivity index (χ0n) is 9.38. The van der Waals surface area contributed by atoms with Crippen LogP contribution in [0, 0.1) is 5.92 Å². The molecule has 2 heteroatoms. The molecule has 0 saturated heterocycles. The van der Waals surface area contributed by atoms with Crippen molar-refractivity contribution in [2.45, 2.75) is 64.4 Å². The summed E-state index contributed by atoms with van der Waals surface area (Å²) >= 11 is 0. The van der Waals surface area contributed by atoms with Crippen LogP contribution in [0.2, 0.25) is 0 Å². The van der Waals surface area contributed by atoms with Gasteiger partial charge < -0.3 is 5.11 Å². The summed E-state index contributed by atoms with van der Waals surface area (Å²) < 4.78 is 0.